The van der Waals surface area contributed by atoms with Gasteiger partial charge in [-0.25, -0.2) is 9.97 Å². The number of rotatable bonds is 7. The molecule has 0 aliphatic carbocycles. The summed E-state index contributed by atoms with van der Waals surface area (Å²) in [6.45, 7) is 0. The lowest BCUT2D eigenvalue weighted by atomic mass is 9.97. The van der Waals surface area contributed by atoms with Crippen LogP contribution in [0.5, 0.6) is 0 Å². The second-order valence-corrected chi connectivity index (χ2v) is 9.19. The number of para-hydroxylation sites is 4. The Morgan fingerprint density at radius 3 is 1.49 bits per heavy atom. The van der Waals surface area contributed by atoms with Crippen molar-refractivity contribution in [1.82, 2.24) is 9.97 Å². The van der Waals surface area contributed by atoms with Crippen LogP contribution in [0.3, 0.4) is 0 Å². The third kappa shape index (κ3) is 4.28. The zero-order valence-corrected chi connectivity index (χ0v) is 19.8. The third-order valence-electron chi connectivity index (χ3n) is 6.91. The van der Waals surface area contributed by atoms with Crippen molar-refractivity contribution in [3.05, 3.63) is 114 Å². The molecule has 0 spiro atoms. The summed E-state index contributed by atoms with van der Waals surface area (Å²) in [6, 6.07) is 34.0. The number of hydrogen-bond donors (Lipinski definition) is 0. The fourth-order valence-corrected chi connectivity index (χ4v) is 5.19. The lowest BCUT2D eigenvalue weighted by molar-refractivity contribution is 0.691. The van der Waals surface area contributed by atoms with Crippen LogP contribution in [0.2, 0.25) is 0 Å². The van der Waals surface area contributed by atoms with Crippen LogP contribution in [0.1, 0.15) is 36.8 Å². The monoisotopic (exact) mass is 452 g/mol. The number of nitrogens with zero attached hydrogens (tertiary/aromatic N) is 2. The molecule has 0 N–H and O–H groups in total. The van der Waals surface area contributed by atoms with Crippen molar-refractivity contribution >= 4 is 49.7 Å². The van der Waals surface area contributed by atoms with E-state index in [2.05, 4.69) is 109 Å². The molecule has 0 radical (unpaired) electrons. The maximum atomic E-state index is 4.87. The zero-order valence-electron chi connectivity index (χ0n) is 19.8. The third-order valence-corrected chi connectivity index (χ3v) is 6.91. The number of benzene rings is 4. The Hall–Kier alpha value is -4.04. The first-order valence-electron chi connectivity index (χ1n) is 12.6. The van der Waals surface area contributed by atoms with Crippen LogP contribution in [-0.2, 0) is 6.42 Å². The first-order chi connectivity index (χ1) is 17.4. The SMILES string of the molecule is C(=Cc1c2ccccc2nc2ccccc12)CCCCCc1c2ccccc2nc2ccccc12. The molecule has 0 atom stereocenters. The van der Waals surface area contributed by atoms with E-state index in [1.54, 1.807) is 0 Å². The standard InChI is InChI=1S/C33H28N2/c1(2-4-14-24-26-16-6-10-20-30(26)34-31-21-11-7-17-27(24)31)3-5-15-25-28-18-8-12-22-32(28)35-33-23-13-9-19-29(25)33/h4,6-14,16-23H,1-3,5,15H2. The summed E-state index contributed by atoms with van der Waals surface area (Å²) >= 11 is 0. The summed E-state index contributed by atoms with van der Waals surface area (Å²) in [5, 5.41) is 5.03. The minimum atomic E-state index is 1.06. The van der Waals surface area contributed by atoms with Crippen molar-refractivity contribution in [2.24, 2.45) is 0 Å². The molecule has 2 nitrogen and oxygen atoms in total. The van der Waals surface area contributed by atoms with Crippen LogP contribution in [0, 0.1) is 0 Å². The van der Waals surface area contributed by atoms with Gasteiger partial charge in [-0.05, 0) is 61.1 Å². The molecule has 0 aliphatic rings. The van der Waals surface area contributed by atoms with Crippen LogP contribution >= 0.6 is 0 Å². The Balaban J connectivity index is 1.15. The van der Waals surface area contributed by atoms with Crippen LogP contribution in [0.4, 0.5) is 0 Å². The van der Waals surface area contributed by atoms with E-state index in [1.165, 1.54) is 51.9 Å². The highest BCUT2D eigenvalue weighted by molar-refractivity contribution is 6.02. The lowest BCUT2D eigenvalue weighted by Crippen LogP contribution is -1.93. The summed E-state index contributed by atoms with van der Waals surface area (Å²) in [6.07, 6.45) is 10.4. The first-order valence-corrected chi connectivity index (χ1v) is 12.6. The minimum Gasteiger partial charge on any atom is -0.248 e. The molecule has 6 aromatic rings. The Bertz CT molecular complexity index is 1570. The summed E-state index contributed by atoms with van der Waals surface area (Å²) in [5.74, 6) is 0. The average molecular weight is 453 g/mol. The van der Waals surface area contributed by atoms with Gasteiger partial charge in [-0.3, -0.25) is 0 Å². The molecule has 0 aliphatic heterocycles. The largest absolute Gasteiger partial charge is 0.248 e. The van der Waals surface area contributed by atoms with E-state index in [1.807, 2.05) is 0 Å². The summed E-state index contributed by atoms with van der Waals surface area (Å²) in [5.41, 5.74) is 7.03. The number of unbranched alkanes of at least 4 members (excludes halogenated alkanes) is 3. The van der Waals surface area contributed by atoms with Gasteiger partial charge in [0.2, 0.25) is 0 Å². The van der Waals surface area contributed by atoms with Crippen molar-refractivity contribution in [1.29, 1.82) is 0 Å². The van der Waals surface area contributed by atoms with Gasteiger partial charge in [-0.2, -0.15) is 0 Å². The topological polar surface area (TPSA) is 25.8 Å². The van der Waals surface area contributed by atoms with Gasteiger partial charge in [0.25, 0.3) is 0 Å². The number of fused-ring (bicyclic) bond motifs is 4. The number of pyridine rings is 2. The summed E-state index contributed by atoms with van der Waals surface area (Å²) in [4.78, 5) is 9.71. The van der Waals surface area contributed by atoms with Gasteiger partial charge in [-0.15, -0.1) is 0 Å². The fourth-order valence-electron chi connectivity index (χ4n) is 5.19. The molecule has 170 valence electrons. The minimum absolute atomic E-state index is 1.06. The number of allylic oxidation sites excluding steroid dienone is 1. The number of aryl methyl sites for hydroxylation is 1. The average Bonchev–Trinajstić information content (AvgIpc) is 2.91. The van der Waals surface area contributed by atoms with Gasteiger partial charge >= 0.3 is 0 Å². The van der Waals surface area contributed by atoms with Gasteiger partial charge in [0, 0.05) is 21.5 Å². The quantitative estimate of drug-likeness (QED) is 0.178. The molecular formula is C33H28N2. The van der Waals surface area contributed by atoms with Crippen LogP contribution in [0.15, 0.2) is 103 Å². The van der Waals surface area contributed by atoms with Crippen molar-refractivity contribution < 1.29 is 0 Å². The maximum Gasteiger partial charge on any atom is 0.0715 e. The van der Waals surface area contributed by atoms with Crippen molar-refractivity contribution in [2.45, 2.75) is 32.1 Å². The molecule has 0 amide bonds. The van der Waals surface area contributed by atoms with E-state index < -0.39 is 0 Å². The highest BCUT2D eigenvalue weighted by atomic mass is 14.7. The Kier molecular flexibility index (Phi) is 5.94. The smallest absolute Gasteiger partial charge is 0.0715 e. The Labute approximate surface area is 206 Å². The molecule has 0 saturated heterocycles. The van der Waals surface area contributed by atoms with Gasteiger partial charge in [0.15, 0.2) is 0 Å². The van der Waals surface area contributed by atoms with E-state index in [4.69, 9.17) is 9.97 Å². The predicted molar refractivity (Wildman–Crippen MR) is 150 cm³/mol. The normalized spacial score (nSPS) is 11.9. The molecule has 6 rings (SSSR count). The highest BCUT2D eigenvalue weighted by Crippen LogP contribution is 2.29. The van der Waals surface area contributed by atoms with Gasteiger partial charge < -0.3 is 0 Å². The molecule has 4 aromatic carbocycles. The van der Waals surface area contributed by atoms with E-state index in [0.29, 0.717) is 0 Å². The van der Waals surface area contributed by atoms with Crippen LogP contribution in [-0.4, -0.2) is 9.97 Å². The number of aromatic nitrogens is 2. The number of hydrogen-bond acceptors (Lipinski definition) is 2. The lowest BCUT2D eigenvalue weighted by Gasteiger charge is -2.10. The van der Waals surface area contributed by atoms with Crippen molar-refractivity contribution in [3.8, 4) is 0 Å². The van der Waals surface area contributed by atoms with Crippen molar-refractivity contribution in [3.63, 3.8) is 0 Å². The fraction of sp³-hybridized carbons (Fsp3) is 0.152. The predicted octanol–water partition coefficient (Wildman–Crippen LogP) is 8.91. The second-order valence-electron chi connectivity index (χ2n) is 9.19. The molecule has 35 heavy (non-hydrogen) atoms. The molecule has 0 saturated carbocycles. The molecule has 2 aromatic heterocycles. The molecular weight excluding hydrogens is 424 g/mol. The summed E-state index contributed by atoms with van der Waals surface area (Å²) < 4.78 is 0. The van der Waals surface area contributed by atoms with E-state index >= 15 is 0 Å². The zero-order chi connectivity index (χ0) is 23.5. The van der Waals surface area contributed by atoms with Crippen LogP contribution in [0.25, 0.3) is 49.7 Å². The van der Waals surface area contributed by atoms with Crippen LogP contribution < -0.4 is 0 Å². The van der Waals surface area contributed by atoms with E-state index in [0.717, 1.165) is 34.9 Å². The van der Waals surface area contributed by atoms with E-state index in [-0.39, 0.29) is 0 Å². The molecule has 0 bridgehead atoms. The molecule has 2 heteroatoms. The van der Waals surface area contributed by atoms with Crippen molar-refractivity contribution in [2.75, 3.05) is 0 Å². The van der Waals surface area contributed by atoms with Gasteiger partial charge in [0.05, 0.1) is 22.1 Å². The summed E-state index contributed by atoms with van der Waals surface area (Å²) in [7, 11) is 0. The van der Waals surface area contributed by atoms with E-state index in [9.17, 15) is 0 Å². The maximum absolute atomic E-state index is 4.87. The first kappa shape index (κ1) is 21.5. The van der Waals surface area contributed by atoms with Gasteiger partial charge in [0.1, 0.15) is 0 Å². The van der Waals surface area contributed by atoms with Gasteiger partial charge in [-0.1, -0.05) is 91.4 Å². The molecule has 0 unspecified atom stereocenters. The highest BCUT2D eigenvalue weighted by Gasteiger charge is 2.09. The Morgan fingerprint density at radius 1 is 0.486 bits per heavy atom. The Morgan fingerprint density at radius 2 is 0.943 bits per heavy atom. The second kappa shape index (κ2) is 9.68. The molecule has 2 heterocycles. The molecule has 0 fully saturated rings.